The van der Waals surface area contributed by atoms with Gasteiger partial charge in [0.05, 0.1) is 10.2 Å². The highest BCUT2D eigenvalue weighted by molar-refractivity contribution is 9.10. The predicted molar refractivity (Wildman–Crippen MR) is 39.5 cm³/mol. The van der Waals surface area contributed by atoms with Crippen LogP contribution in [0.3, 0.4) is 0 Å². The molecule has 0 bridgehead atoms. The lowest BCUT2D eigenvalue weighted by Crippen LogP contribution is -2.08. The Morgan fingerprint density at radius 1 is 1.44 bits per heavy atom. The Bertz CT molecular complexity index is 204. The molecule has 0 aromatic heterocycles. The Hall–Kier alpha value is -0.153. The molecule has 1 aromatic carbocycles. The molecule has 0 aliphatic heterocycles. The van der Waals surface area contributed by atoms with Gasteiger partial charge in [0, 0.05) is 4.47 Å². The second-order valence-corrected chi connectivity index (χ2v) is 2.95. The van der Waals surface area contributed by atoms with Crippen molar-refractivity contribution in [1.82, 2.24) is 0 Å². The number of benzene rings is 1. The molecule has 0 spiro atoms. The maximum absolute atomic E-state index is 12.5. The van der Waals surface area contributed by atoms with Crippen LogP contribution in [0.5, 0.6) is 0 Å². The molecule has 0 saturated heterocycles. The Morgan fingerprint density at radius 2 is 2.11 bits per heavy atom. The van der Waals surface area contributed by atoms with Crippen molar-refractivity contribution in [3.63, 3.8) is 0 Å². The largest absolute Gasteiger partial charge is 0.207 e. The van der Waals surface area contributed by atoms with E-state index in [0.29, 0.717) is 5.19 Å². The van der Waals surface area contributed by atoms with Gasteiger partial charge in [0.1, 0.15) is 5.82 Å². The minimum atomic E-state index is -0.249. The fraction of sp³-hybridized carbons (Fsp3) is 0. The van der Waals surface area contributed by atoms with Crippen LogP contribution in [0.1, 0.15) is 0 Å². The normalized spacial score (nSPS) is 9.67. The molecule has 0 aliphatic carbocycles. The monoisotopic (exact) mass is 201 g/mol. The number of hydrogen-bond acceptors (Lipinski definition) is 0. The van der Waals surface area contributed by atoms with Gasteiger partial charge < -0.3 is 0 Å². The van der Waals surface area contributed by atoms with Crippen LogP contribution in [0.4, 0.5) is 4.39 Å². The maximum Gasteiger partial charge on any atom is 0.122 e. The van der Waals surface area contributed by atoms with E-state index in [1.807, 2.05) is 0 Å². The Balaban J connectivity index is 3.25. The zero-order chi connectivity index (χ0) is 6.85. The van der Waals surface area contributed by atoms with Crippen LogP contribution in [0, 0.1) is 5.82 Å². The molecule has 3 radical (unpaired) electrons. The van der Waals surface area contributed by atoms with Crippen LogP contribution in [-0.4, -0.2) is 10.2 Å². The number of hydrogen-bond donors (Lipinski definition) is 0. The van der Waals surface area contributed by atoms with E-state index in [4.69, 9.17) is 0 Å². The van der Waals surface area contributed by atoms with Gasteiger partial charge in [-0.1, -0.05) is 22.0 Å². The van der Waals surface area contributed by atoms with Gasteiger partial charge in [-0.25, -0.2) is 4.39 Å². The molecule has 0 unspecified atom stereocenters. The first-order valence-corrected chi connectivity index (χ1v) is 3.66. The quantitative estimate of drug-likeness (QED) is 0.557. The SMILES string of the molecule is Fc1cccc(Br)c1[Si]. The molecule has 0 heterocycles. The summed E-state index contributed by atoms with van der Waals surface area (Å²) >= 11 is 3.16. The first-order chi connectivity index (χ1) is 4.22. The van der Waals surface area contributed by atoms with Crippen molar-refractivity contribution in [3.05, 3.63) is 28.5 Å². The zero-order valence-corrected chi connectivity index (χ0v) is 7.07. The first-order valence-electron chi connectivity index (χ1n) is 2.37. The molecule has 9 heavy (non-hydrogen) atoms. The summed E-state index contributed by atoms with van der Waals surface area (Å²) in [5, 5.41) is 0.470. The molecule has 0 N–H and O–H groups in total. The summed E-state index contributed by atoms with van der Waals surface area (Å²) in [5.74, 6) is -0.249. The molecule has 0 amide bonds. The van der Waals surface area contributed by atoms with E-state index in [9.17, 15) is 4.39 Å². The van der Waals surface area contributed by atoms with Gasteiger partial charge in [-0.15, -0.1) is 0 Å². The van der Waals surface area contributed by atoms with Crippen molar-refractivity contribution in [1.29, 1.82) is 0 Å². The van der Waals surface area contributed by atoms with Crippen molar-refractivity contribution < 1.29 is 4.39 Å². The van der Waals surface area contributed by atoms with Gasteiger partial charge in [0.15, 0.2) is 0 Å². The smallest absolute Gasteiger partial charge is 0.122 e. The van der Waals surface area contributed by atoms with Crippen LogP contribution in [-0.2, 0) is 0 Å². The van der Waals surface area contributed by atoms with E-state index >= 15 is 0 Å². The van der Waals surface area contributed by atoms with Crippen LogP contribution < -0.4 is 5.19 Å². The molecular weight excluding hydrogens is 199 g/mol. The fourth-order valence-corrected chi connectivity index (χ4v) is 1.01. The van der Waals surface area contributed by atoms with E-state index in [1.165, 1.54) is 6.07 Å². The van der Waals surface area contributed by atoms with Gasteiger partial charge in [-0.3, -0.25) is 0 Å². The third-order valence-electron chi connectivity index (χ3n) is 0.963. The van der Waals surface area contributed by atoms with Crippen molar-refractivity contribution in [3.8, 4) is 0 Å². The van der Waals surface area contributed by atoms with E-state index < -0.39 is 0 Å². The van der Waals surface area contributed by atoms with Gasteiger partial charge in [-0.2, -0.15) is 0 Å². The third kappa shape index (κ3) is 1.40. The highest BCUT2D eigenvalue weighted by atomic mass is 79.9. The topological polar surface area (TPSA) is 0 Å². The van der Waals surface area contributed by atoms with Crippen LogP contribution in [0.2, 0.25) is 0 Å². The minimum absolute atomic E-state index is 0.249. The predicted octanol–water partition coefficient (Wildman–Crippen LogP) is 1.38. The van der Waals surface area contributed by atoms with Crippen molar-refractivity contribution in [2.75, 3.05) is 0 Å². The lowest BCUT2D eigenvalue weighted by Gasteiger charge is -1.95. The Morgan fingerprint density at radius 3 is 2.56 bits per heavy atom. The standard InChI is InChI=1S/C6H3BrFSi/c7-4-2-1-3-5(8)6(4)9/h1-3H. The van der Waals surface area contributed by atoms with E-state index in [2.05, 4.69) is 26.2 Å². The average molecular weight is 202 g/mol. The van der Waals surface area contributed by atoms with Gasteiger partial charge >= 0.3 is 0 Å². The number of rotatable bonds is 0. The summed E-state index contributed by atoms with van der Waals surface area (Å²) in [6, 6.07) is 4.81. The molecule has 1 aromatic rings. The second-order valence-electron chi connectivity index (χ2n) is 1.60. The van der Waals surface area contributed by atoms with E-state index in [-0.39, 0.29) is 5.82 Å². The van der Waals surface area contributed by atoms with Crippen LogP contribution in [0.15, 0.2) is 22.7 Å². The summed E-state index contributed by atoms with van der Waals surface area (Å²) in [5.41, 5.74) is 0. The van der Waals surface area contributed by atoms with Gasteiger partial charge in [0.2, 0.25) is 0 Å². The molecule has 3 heteroatoms. The first kappa shape index (κ1) is 6.96. The van der Waals surface area contributed by atoms with E-state index in [0.717, 1.165) is 4.47 Å². The Labute approximate surface area is 64.6 Å². The third-order valence-corrected chi connectivity index (χ3v) is 2.50. The van der Waals surface area contributed by atoms with Crippen LogP contribution >= 0.6 is 15.9 Å². The summed E-state index contributed by atoms with van der Waals surface area (Å²) in [7, 11) is 3.11. The molecule has 0 nitrogen and oxygen atoms in total. The molecule has 0 atom stereocenters. The molecule has 0 fully saturated rings. The van der Waals surface area contributed by atoms with Gasteiger partial charge in [0.25, 0.3) is 0 Å². The Kier molecular flexibility index (Phi) is 2.03. The summed E-state index contributed by atoms with van der Waals surface area (Å²) < 4.78 is 13.2. The fourth-order valence-electron chi connectivity index (χ4n) is 0.498. The average Bonchev–Trinajstić information content (AvgIpc) is 1.83. The maximum atomic E-state index is 12.5. The number of halogens is 2. The summed E-state index contributed by atoms with van der Waals surface area (Å²) in [6.45, 7) is 0. The van der Waals surface area contributed by atoms with Crippen molar-refractivity contribution >= 4 is 31.4 Å². The highest BCUT2D eigenvalue weighted by Gasteiger charge is 1.97. The zero-order valence-electron chi connectivity index (χ0n) is 4.49. The minimum Gasteiger partial charge on any atom is -0.207 e. The molecule has 0 aliphatic rings. The molecule has 0 saturated carbocycles. The summed E-state index contributed by atoms with van der Waals surface area (Å²) in [6.07, 6.45) is 0. The molecule has 1 rings (SSSR count). The second kappa shape index (κ2) is 2.62. The van der Waals surface area contributed by atoms with Crippen molar-refractivity contribution in [2.24, 2.45) is 0 Å². The van der Waals surface area contributed by atoms with Crippen molar-refractivity contribution in [2.45, 2.75) is 0 Å². The molecule has 45 valence electrons. The van der Waals surface area contributed by atoms with Gasteiger partial charge in [-0.05, 0) is 17.3 Å². The lowest BCUT2D eigenvalue weighted by atomic mass is 10.3. The summed E-state index contributed by atoms with van der Waals surface area (Å²) in [4.78, 5) is 0. The molecular formula is C6H3BrFSi. The van der Waals surface area contributed by atoms with E-state index in [1.54, 1.807) is 12.1 Å². The lowest BCUT2D eigenvalue weighted by molar-refractivity contribution is 0.635. The highest BCUT2D eigenvalue weighted by Crippen LogP contribution is 2.05. The van der Waals surface area contributed by atoms with Crippen LogP contribution in [0.25, 0.3) is 0 Å².